The summed E-state index contributed by atoms with van der Waals surface area (Å²) >= 11 is 7.02. The molecule has 0 aliphatic carbocycles. The highest BCUT2D eigenvalue weighted by Gasteiger charge is 2.26. The summed E-state index contributed by atoms with van der Waals surface area (Å²) in [5.74, 6) is -0.122. The van der Waals surface area contributed by atoms with Gasteiger partial charge in [0, 0.05) is 15.0 Å². The summed E-state index contributed by atoms with van der Waals surface area (Å²) in [6.45, 7) is 4.39. The number of rotatable bonds is 5. The zero-order valence-corrected chi connectivity index (χ0v) is 14.7. The average molecular weight is 405 g/mol. The maximum absolute atomic E-state index is 11.9. The van der Waals surface area contributed by atoms with Crippen LogP contribution < -0.4 is 0 Å². The second kappa shape index (κ2) is 7.57. The molecule has 1 atom stereocenters. The van der Waals surface area contributed by atoms with Crippen LogP contribution in [0.3, 0.4) is 0 Å². The van der Waals surface area contributed by atoms with E-state index in [0.717, 1.165) is 27.6 Å². The molecule has 1 saturated heterocycles. The molecule has 1 aromatic rings. The van der Waals surface area contributed by atoms with Gasteiger partial charge in [0.2, 0.25) is 0 Å². The molecule has 5 heteroatoms. The monoisotopic (exact) mass is 403 g/mol. The number of carbonyl (C=O) groups is 1. The fourth-order valence-corrected chi connectivity index (χ4v) is 3.25. The number of esters is 1. The van der Waals surface area contributed by atoms with Crippen LogP contribution in [-0.4, -0.2) is 30.6 Å². The van der Waals surface area contributed by atoms with E-state index in [1.165, 1.54) is 12.8 Å². The third-order valence-corrected chi connectivity index (χ3v) is 5.45. The SMILES string of the molecule is CCOC(=O)CC(c1ccc(Br)c(Br)c1)N1CCCC1. The molecule has 110 valence electrons. The molecule has 1 fully saturated rings. The van der Waals surface area contributed by atoms with Crippen LogP contribution in [0.2, 0.25) is 0 Å². The van der Waals surface area contributed by atoms with Crippen molar-refractivity contribution in [3.63, 3.8) is 0 Å². The number of hydrogen-bond donors (Lipinski definition) is 0. The molecule has 0 spiro atoms. The van der Waals surface area contributed by atoms with Crippen LogP contribution in [0.15, 0.2) is 27.1 Å². The molecule has 3 nitrogen and oxygen atoms in total. The highest BCUT2D eigenvalue weighted by atomic mass is 79.9. The third kappa shape index (κ3) is 4.06. The Balaban J connectivity index is 2.20. The van der Waals surface area contributed by atoms with Crippen molar-refractivity contribution < 1.29 is 9.53 Å². The number of benzene rings is 1. The van der Waals surface area contributed by atoms with Gasteiger partial charge in [-0.05, 0) is 82.4 Å². The molecule has 1 heterocycles. The third-order valence-electron chi connectivity index (χ3n) is 3.58. The van der Waals surface area contributed by atoms with Gasteiger partial charge in [-0.25, -0.2) is 0 Å². The van der Waals surface area contributed by atoms with Gasteiger partial charge in [0.15, 0.2) is 0 Å². The van der Waals surface area contributed by atoms with Crippen molar-refractivity contribution in [3.05, 3.63) is 32.7 Å². The standard InChI is InChI=1S/C15H19Br2NO2/c1-2-20-15(19)10-14(18-7-3-4-8-18)11-5-6-12(16)13(17)9-11/h5-6,9,14H,2-4,7-8,10H2,1H3. The summed E-state index contributed by atoms with van der Waals surface area (Å²) in [6, 6.07) is 6.30. The van der Waals surface area contributed by atoms with Gasteiger partial charge in [0.1, 0.15) is 0 Å². The normalized spacial score (nSPS) is 17.1. The Morgan fingerprint density at radius 1 is 1.30 bits per heavy atom. The molecular weight excluding hydrogens is 386 g/mol. The Bertz CT molecular complexity index is 473. The Hall–Kier alpha value is -0.390. The lowest BCUT2D eigenvalue weighted by atomic mass is 10.0. The fraction of sp³-hybridized carbons (Fsp3) is 0.533. The summed E-state index contributed by atoms with van der Waals surface area (Å²) in [6.07, 6.45) is 2.83. The van der Waals surface area contributed by atoms with Crippen LogP contribution in [0.5, 0.6) is 0 Å². The Kier molecular flexibility index (Phi) is 6.05. The molecule has 20 heavy (non-hydrogen) atoms. The van der Waals surface area contributed by atoms with Crippen molar-refractivity contribution in [1.29, 1.82) is 0 Å². The minimum Gasteiger partial charge on any atom is -0.466 e. The fourth-order valence-electron chi connectivity index (χ4n) is 2.61. The molecule has 2 rings (SSSR count). The van der Waals surface area contributed by atoms with E-state index < -0.39 is 0 Å². The van der Waals surface area contributed by atoms with E-state index in [4.69, 9.17) is 4.74 Å². The van der Waals surface area contributed by atoms with Crippen LogP contribution in [-0.2, 0) is 9.53 Å². The first kappa shape index (κ1) is 16.0. The van der Waals surface area contributed by atoms with Crippen molar-refractivity contribution in [2.75, 3.05) is 19.7 Å². The van der Waals surface area contributed by atoms with Crippen LogP contribution in [0.1, 0.15) is 37.8 Å². The molecule has 1 unspecified atom stereocenters. The zero-order chi connectivity index (χ0) is 14.5. The van der Waals surface area contributed by atoms with E-state index in [0.29, 0.717) is 13.0 Å². The van der Waals surface area contributed by atoms with E-state index in [9.17, 15) is 4.79 Å². The van der Waals surface area contributed by atoms with E-state index in [-0.39, 0.29) is 12.0 Å². The quantitative estimate of drug-likeness (QED) is 0.685. The van der Waals surface area contributed by atoms with Crippen LogP contribution in [0.4, 0.5) is 0 Å². The first-order chi connectivity index (χ1) is 9.61. The van der Waals surface area contributed by atoms with Crippen molar-refractivity contribution >= 4 is 37.8 Å². The molecular formula is C15H19Br2NO2. The highest BCUT2D eigenvalue weighted by Crippen LogP contribution is 2.32. The Labute approximate surface area is 136 Å². The molecule has 0 amide bonds. The van der Waals surface area contributed by atoms with E-state index in [1.54, 1.807) is 0 Å². The van der Waals surface area contributed by atoms with Gasteiger partial charge in [-0.3, -0.25) is 9.69 Å². The minimum atomic E-state index is -0.122. The number of hydrogen-bond acceptors (Lipinski definition) is 3. The molecule has 1 aliphatic rings. The van der Waals surface area contributed by atoms with Crippen molar-refractivity contribution in [1.82, 2.24) is 4.90 Å². The summed E-state index contributed by atoms with van der Waals surface area (Å²) in [4.78, 5) is 14.2. The summed E-state index contributed by atoms with van der Waals surface area (Å²) in [5.41, 5.74) is 1.16. The van der Waals surface area contributed by atoms with Gasteiger partial charge >= 0.3 is 5.97 Å². The number of halogens is 2. The number of ether oxygens (including phenoxy) is 1. The van der Waals surface area contributed by atoms with Gasteiger partial charge < -0.3 is 4.74 Å². The van der Waals surface area contributed by atoms with E-state index in [1.807, 2.05) is 13.0 Å². The van der Waals surface area contributed by atoms with Crippen molar-refractivity contribution in [2.24, 2.45) is 0 Å². The lowest BCUT2D eigenvalue weighted by Crippen LogP contribution is -2.28. The molecule has 0 saturated carbocycles. The molecule has 1 aromatic carbocycles. The lowest BCUT2D eigenvalue weighted by Gasteiger charge is -2.27. The number of likely N-dealkylation sites (tertiary alicyclic amines) is 1. The van der Waals surface area contributed by atoms with E-state index in [2.05, 4.69) is 48.9 Å². The maximum Gasteiger partial charge on any atom is 0.307 e. The smallest absolute Gasteiger partial charge is 0.307 e. The maximum atomic E-state index is 11.9. The molecule has 0 radical (unpaired) electrons. The lowest BCUT2D eigenvalue weighted by molar-refractivity contribution is -0.144. The largest absolute Gasteiger partial charge is 0.466 e. The van der Waals surface area contributed by atoms with Crippen molar-refractivity contribution in [2.45, 2.75) is 32.2 Å². The summed E-state index contributed by atoms with van der Waals surface area (Å²) in [7, 11) is 0. The molecule has 0 bridgehead atoms. The van der Waals surface area contributed by atoms with Crippen LogP contribution in [0, 0.1) is 0 Å². The molecule has 1 aliphatic heterocycles. The van der Waals surface area contributed by atoms with Crippen LogP contribution in [0.25, 0.3) is 0 Å². The first-order valence-corrected chi connectivity index (χ1v) is 8.55. The van der Waals surface area contributed by atoms with Gasteiger partial charge in [-0.2, -0.15) is 0 Å². The topological polar surface area (TPSA) is 29.5 Å². The highest BCUT2D eigenvalue weighted by molar-refractivity contribution is 9.13. The Morgan fingerprint density at radius 2 is 2.00 bits per heavy atom. The second-order valence-corrected chi connectivity index (χ2v) is 6.65. The van der Waals surface area contributed by atoms with Gasteiger partial charge in [-0.1, -0.05) is 6.07 Å². The number of nitrogens with zero attached hydrogens (tertiary/aromatic N) is 1. The zero-order valence-electron chi connectivity index (χ0n) is 11.6. The minimum absolute atomic E-state index is 0.112. The molecule has 0 aromatic heterocycles. The van der Waals surface area contributed by atoms with Gasteiger partial charge in [-0.15, -0.1) is 0 Å². The second-order valence-electron chi connectivity index (χ2n) is 4.94. The predicted octanol–water partition coefficient (Wildman–Crippen LogP) is 4.30. The number of carbonyl (C=O) groups excluding carboxylic acids is 1. The van der Waals surface area contributed by atoms with Gasteiger partial charge in [0.25, 0.3) is 0 Å². The van der Waals surface area contributed by atoms with Crippen LogP contribution >= 0.6 is 31.9 Å². The Morgan fingerprint density at radius 3 is 2.60 bits per heavy atom. The molecule has 0 N–H and O–H groups in total. The predicted molar refractivity (Wildman–Crippen MR) is 86.6 cm³/mol. The summed E-state index contributed by atoms with van der Waals surface area (Å²) in [5, 5.41) is 0. The first-order valence-electron chi connectivity index (χ1n) is 6.96. The van der Waals surface area contributed by atoms with E-state index >= 15 is 0 Å². The average Bonchev–Trinajstić information content (AvgIpc) is 2.93. The van der Waals surface area contributed by atoms with Gasteiger partial charge in [0.05, 0.1) is 13.0 Å². The van der Waals surface area contributed by atoms with Crippen molar-refractivity contribution in [3.8, 4) is 0 Å². The summed E-state index contributed by atoms with van der Waals surface area (Å²) < 4.78 is 7.16.